The van der Waals surface area contributed by atoms with Crippen LogP contribution < -0.4 is 9.47 Å². The summed E-state index contributed by atoms with van der Waals surface area (Å²) in [6, 6.07) is 13.8. The summed E-state index contributed by atoms with van der Waals surface area (Å²) in [5.74, 6) is 2.53. The number of oxazole rings is 2. The fourth-order valence-corrected chi connectivity index (χ4v) is 4.23. The molecule has 0 aliphatic carbocycles. The van der Waals surface area contributed by atoms with Crippen LogP contribution in [0.4, 0.5) is 0 Å². The van der Waals surface area contributed by atoms with E-state index in [1.54, 1.807) is 40.3 Å². The number of aryl methyl sites for hydroxylation is 2. The topological polar surface area (TPSA) is 100 Å². The van der Waals surface area contributed by atoms with Crippen molar-refractivity contribution >= 4 is 5.97 Å². The molecule has 9 heteroatoms. The lowest BCUT2D eigenvalue weighted by molar-refractivity contribution is -0.158. The van der Waals surface area contributed by atoms with Gasteiger partial charge < -0.3 is 23.0 Å². The maximum atomic E-state index is 12.4. The Morgan fingerprint density at radius 2 is 1.85 bits per heavy atom. The molecule has 0 saturated carbocycles. The Morgan fingerprint density at radius 3 is 2.51 bits per heavy atom. The first-order valence-electron chi connectivity index (χ1n) is 12.9. The van der Waals surface area contributed by atoms with Crippen molar-refractivity contribution in [2.45, 2.75) is 59.9 Å². The Balaban J connectivity index is 1.59. The zero-order valence-electron chi connectivity index (χ0n) is 23.3. The highest BCUT2D eigenvalue weighted by Crippen LogP contribution is 2.36. The molecule has 0 amide bonds. The highest BCUT2D eigenvalue weighted by Gasteiger charge is 2.33. The molecule has 0 saturated heterocycles. The lowest BCUT2D eigenvalue weighted by atomic mass is 10.1. The van der Waals surface area contributed by atoms with E-state index in [4.69, 9.17) is 28.0 Å². The van der Waals surface area contributed by atoms with E-state index < -0.39 is 11.6 Å². The van der Waals surface area contributed by atoms with Crippen LogP contribution in [0.25, 0.3) is 11.5 Å². The first kappa shape index (κ1) is 27.9. The van der Waals surface area contributed by atoms with E-state index >= 15 is 0 Å². The highest BCUT2D eigenvalue weighted by molar-refractivity contribution is 5.79. The fourth-order valence-electron chi connectivity index (χ4n) is 4.23. The second kappa shape index (κ2) is 12.2. The van der Waals surface area contributed by atoms with Gasteiger partial charge in [-0.05, 0) is 63.9 Å². The maximum Gasteiger partial charge on any atom is 0.349 e. The molecule has 0 fully saturated rings. The number of carbonyl (C=O) groups is 1. The van der Waals surface area contributed by atoms with Crippen LogP contribution in [0, 0.1) is 13.8 Å². The third-order valence-electron chi connectivity index (χ3n) is 6.18. The first-order valence-corrected chi connectivity index (χ1v) is 12.9. The molecule has 0 radical (unpaired) electrons. The number of hydrogen-bond donors (Lipinski definition) is 0. The summed E-state index contributed by atoms with van der Waals surface area (Å²) in [7, 11) is 1.58. The molecular weight excluding hydrogens is 498 g/mol. The van der Waals surface area contributed by atoms with Gasteiger partial charge in [-0.3, -0.25) is 4.90 Å². The minimum atomic E-state index is -1.17. The average molecular weight is 534 g/mol. The summed E-state index contributed by atoms with van der Waals surface area (Å²) in [5.41, 5.74) is 2.41. The molecule has 2 aromatic carbocycles. The molecule has 2 aromatic heterocycles. The van der Waals surface area contributed by atoms with Crippen molar-refractivity contribution in [3.05, 3.63) is 83.4 Å². The zero-order valence-corrected chi connectivity index (χ0v) is 23.3. The van der Waals surface area contributed by atoms with E-state index in [9.17, 15) is 4.79 Å². The van der Waals surface area contributed by atoms with E-state index in [1.165, 1.54) is 0 Å². The summed E-state index contributed by atoms with van der Waals surface area (Å²) in [6.45, 7) is 10.8. The van der Waals surface area contributed by atoms with Gasteiger partial charge in [-0.25, -0.2) is 14.8 Å². The van der Waals surface area contributed by atoms with Crippen LogP contribution in [0.3, 0.4) is 0 Å². The van der Waals surface area contributed by atoms with Gasteiger partial charge in [0.15, 0.2) is 17.1 Å². The molecule has 39 heavy (non-hydrogen) atoms. The molecule has 0 aliphatic heterocycles. The monoisotopic (exact) mass is 533 g/mol. The molecule has 4 aromatic rings. The largest absolute Gasteiger partial charge is 0.493 e. The van der Waals surface area contributed by atoms with Gasteiger partial charge in [-0.2, -0.15) is 0 Å². The number of benzene rings is 2. The standard InChI is InChI=1S/C30H35N3O6/c1-7-36-29(34)30(4,5)39-27-20(2)15-22(16-25(27)35-6)17-33(19-26-31-13-14-37-26)18-24-21(3)38-28(32-24)23-11-9-8-10-12-23/h8-16H,7,17-19H2,1-6H3. The Morgan fingerprint density at radius 1 is 1.08 bits per heavy atom. The number of ether oxygens (including phenoxy) is 3. The highest BCUT2D eigenvalue weighted by atomic mass is 16.6. The molecule has 0 bridgehead atoms. The first-order chi connectivity index (χ1) is 18.7. The van der Waals surface area contributed by atoms with Crippen LogP contribution >= 0.6 is 0 Å². The van der Waals surface area contributed by atoms with Gasteiger partial charge in [0.1, 0.15) is 12.0 Å². The molecule has 4 rings (SSSR count). The van der Waals surface area contributed by atoms with Gasteiger partial charge >= 0.3 is 5.97 Å². The summed E-state index contributed by atoms with van der Waals surface area (Å²) in [5, 5.41) is 0. The Labute approximate surface area is 228 Å². The third kappa shape index (κ3) is 6.86. The summed E-state index contributed by atoms with van der Waals surface area (Å²) < 4.78 is 28.5. The Kier molecular flexibility index (Phi) is 8.71. The number of hydrogen-bond acceptors (Lipinski definition) is 9. The number of aromatic nitrogens is 2. The normalized spacial score (nSPS) is 11.6. The molecule has 9 nitrogen and oxygen atoms in total. The minimum absolute atomic E-state index is 0.277. The van der Waals surface area contributed by atoms with Crippen molar-refractivity contribution in [3.63, 3.8) is 0 Å². The van der Waals surface area contributed by atoms with Crippen LogP contribution in [0.15, 0.2) is 63.8 Å². The minimum Gasteiger partial charge on any atom is -0.493 e. The van der Waals surface area contributed by atoms with Crippen molar-refractivity contribution in [2.24, 2.45) is 0 Å². The van der Waals surface area contributed by atoms with E-state index in [1.807, 2.05) is 56.3 Å². The predicted octanol–water partition coefficient (Wildman–Crippen LogP) is 5.88. The van der Waals surface area contributed by atoms with Crippen molar-refractivity contribution in [2.75, 3.05) is 13.7 Å². The Bertz CT molecular complexity index is 1380. The van der Waals surface area contributed by atoms with Crippen LogP contribution in [-0.4, -0.2) is 40.2 Å². The van der Waals surface area contributed by atoms with Crippen LogP contribution in [0.1, 0.15) is 49.2 Å². The molecule has 0 N–H and O–H groups in total. The van der Waals surface area contributed by atoms with E-state index in [0.29, 0.717) is 42.9 Å². The quantitative estimate of drug-likeness (QED) is 0.207. The second-order valence-electron chi connectivity index (χ2n) is 9.74. The SMILES string of the molecule is CCOC(=O)C(C)(C)Oc1c(C)cc(CN(Cc2ncco2)Cc2nc(-c3ccccc3)oc2C)cc1OC. The van der Waals surface area contributed by atoms with E-state index in [0.717, 1.165) is 28.1 Å². The maximum absolute atomic E-state index is 12.4. The number of methoxy groups -OCH3 is 1. The van der Waals surface area contributed by atoms with Gasteiger partial charge in [0.2, 0.25) is 11.8 Å². The average Bonchev–Trinajstić information content (AvgIpc) is 3.55. The van der Waals surface area contributed by atoms with Crippen LogP contribution in [0.5, 0.6) is 11.5 Å². The van der Waals surface area contributed by atoms with Gasteiger partial charge in [0.25, 0.3) is 0 Å². The van der Waals surface area contributed by atoms with E-state index in [-0.39, 0.29) is 6.61 Å². The molecular formula is C30H35N3O6. The zero-order chi connectivity index (χ0) is 28.0. The van der Waals surface area contributed by atoms with Crippen LogP contribution in [0.2, 0.25) is 0 Å². The second-order valence-corrected chi connectivity index (χ2v) is 9.74. The number of carbonyl (C=O) groups excluding carboxylic acids is 1. The van der Waals surface area contributed by atoms with Gasteiger partial charge in [-0.15, -0.1) is 0 Å². The van der Waals surface area contributed by atoms with Gasteiger partial charge in [-0.1, -0.05) is 24.3 Å². The molecule has 2 heterocycles. The predicted molar refractivity (Wildman–Crippen MR) is 145 cm³/mol. The molecule has 0 aliphatic rings. The van der Waals surface area contributed by atoms with Crippen molar-refractivity contribution in [3.8, 4) is 23.0 Å². The third-order valence-corrected chi connectivity index (χ3v) is 6.18. The van der Waals surface area contributed by atoms with Gasteiger partial charge in [0, 0.05) is 18.7 Å². The molecule has 0 spiro atoms. The van der Waals surface area contributed by atoms with Crippen molar-refractivity contribution in [1.82, 2.24) is 14.9 Å². The number of rotatable bonds is 12. The lowest BCUT2D eigenvalue weighted by Crippen LogP contribution is -2.40. The smallest absolute Gasteiger partial charge is 0.349 e. The number of esters is 1. The lowest BCUT2D eigenvalue weighted by Gasteiger charge is -2.27. The van der Waals surface area contributed by atoms with Crippen molar-refractivity contribution < 1.29 is 27.8 Å². The van der Waals surface area contributed by atoms with E-state index in [2.05, 4.69) is 9.88 Å². The van der Waals surface area contributed by atoms with Gasteiger partial charge in [0.05, 0.1) is 32.2 Å². The number of nitrogens with zero attached hydrogens (tertiary/aromatic N) is 3. The molecule has 0 atom stereocenters. The van der Waals surface area contributed by atoms with Crippen LogP contribution in [-0.2, 0) is 29.2 Å². The summed E-state index contributed by atoms with van der Waals surface area (Å²) in [4.78, 5) is 23.7. The molecule has 206 valence electrons. The summed E-state index contributed by atoms with van der Waals surface area (Å²) >= 11 is 0. The Hall–Kier alpha value is -4.11. The summed E-state index contributed by atoms with van der Waals surface area (Å²) in [6.07, 6.45) is 3.19. The fraction of sp³-hybridized carbons (Fsp3) is 0.367. The van der Waals surface area contributed by atoms with Crippen molar-refractivity contribution in [1.29, 1.82) is 0 Å². The molecule has 0 unspecified atom stereocenters.